The van der Waals surface area contributed by atoms with Gasteiger partial charge in [-0.2, -0.15) is 5.21 Å². The number of aryl methyl sites for hydroxylation is 1. The topological polar surface area (TPSA) is 113 Å². The normalized spacial score (nSPS) is 15.8. The zero-order valence-corrected chi connectivity index (χ0v) is 20.0. The molecule has 0 bridgehead atoms. The Morgan fingerprint density at radius 2 is 1.89 bits per heavy atom. The van der Waals surface area contributed by atoms with Crippen molar-refractivity contribution in [2.75, 3.05) is 13.1 Å². The maximum atomic E-state index is 12.3. The van der Waals surface area contributed by atoms with Crippen molar-refractivity contribution in [3.8, 4) is 22.5 Å². The number of hydrogen-bond donors (Lipinski definition) is 2. The summed E-state index contributed by atoms with van der Waals surface area (Å²) in [5.41, 5.74) is 5.84. The van der Waals surface area contributed by atoms with Crippen molar-refractivity contribution in [2.45, 2.75) is 45.7 Å². The second kappa shape index (κ2) is 9.79. The minimum Gasteiger partial charge on any atom is -0.480 e. The van der Waals surface area contributed by atoms with E-state index >= 15 is 0 Å². The van der Waals surface area contributed by atoms with E-state index in [0.29, 0.717) is 18.9 Å². The first-order valence-electron chi connectivity index (χ1n) is 12.1. The lowest BCUT2D eigenvalue weighted by Gasteiger charge is -2.32. The molecule has 2 aromatic heterocycles. The fourth-order valence-electron chi connectivity index (χ4n) is 4.99. The maximum Gasteiger partial charge on any atom is 0.327 e. The highest BCUT2D eigenvalue weighted by Gasteiger charge is 2.37. The Morgan fingerprint density at radius 1 is 1.11 bits per heavy atom. The zero-order valence-electron chi connectivity index (χ0n) is 20.0. The van der Waals surface area contributed by atoms with Gasteiger partial charge in [0.25, 0.3) is 0 Å². The summed E-state index contributed by atoms with van der Waals surface area (Å²) >= 11 is 0. The molecule has 9 nitrogen and oxygen atoms in total. The predicted octanol–water partition coefficient (Wildman–Crippen LogP) is 3.73. The van der Waals surface area contributed by atoms with Gasteiger partial charge in [-0.3, -0.25) is 9.69 Å². The molecule has 1 unspecified atom stereocenters. The first kappa shape index (κ1) is 22.9. The van der Waals surface area contributed by atoms with E-state index in [1.807, 2.05) is 36.1 Å². The molecule has 3 heterocycles. The third-order valence-corrected chi connectivity index (χ3v) is 6.65. The van der Waals surface area contributed by atoms with Crippen LogP contribution in [0.2, 0.25) is 0 Å². The van der Waals surface area contributed by atoms with E-state index in [2.05, 4.69) is 56.4 Å². The van der Waals surface area contributed by atoms with Crippen LogP contribution in [-0.4, -0.2) is 59.2 Å². The van der Waals surface area contributed by atoms with Crippen molar-refractivity contribution in [1.82, 2.24) is 35.1 Å². The number of carboxylic acid groups (broad SMARTS) is 1. The Morgan fingerprint density at radius 3 is 2.54 bits per heavy atom. The lowest BCUT2D eigenvalue weighted by atomic mass is 9.98. The van der Waals surface area contributed by atoms with Gasteiger partial charge < -0.3 is 9.67 Å². The number of fused-ring (bicyclic) bond motifs is 1. The smallest absolute Gasteiger partial charge is 0.327 e. The number of carbonyl (C=O) groups is 1. The summed E-state index contributed by atoms with van der Waals surface area (Å²) in [5.74, 6) is 0.706. The molecule has 0 aliphatic carbocycles. The maximum absolute atomic E-state index is 12.3. The van der Waals surface area contributed by atoms with Crippen molar-refractivity contribution in [2.24, 2.45) is 0 Å². The summed E-state index contributed by atoms with van der Waals surface area (Å²) < 4.78 is 2.14. The molecule has 1 aliphatic rings. The molecule has 1 aliphatic heterocycles. The number of nitrogens with one attached hydrogen (secondary N) is 1. The molecule has 0 amide bonds. The summed E-state index contributed by atoms with van der Waals surface area (Å²) in [4.78, 5) is 19.2. The van der Waals surface area contributed by atoms with Crippen LogP contribution >= 0.6 is 0 Å². The minimum absolute atomic E-state index is 0.555. The number of H-pyrrole nitrogens is 1. The van der Waals surface area contributed by atoms with Crippen LogP contribution in [0, 0.1) is 0 Å². The molecule has 35 heavy (non-hydrogen) atoms. The highest BCUT2D eigenvalue weighted by molar-refractivity contribution is 5.80. The minimum atomic E-state index is -0.814. The Hall–Kier alpha value is -3.85. The number of imidazole rings is 1. The van der Waals surface area contributed by atoms with Crippen LogP contribution in [-0.2, 0) is 24.2 Å². The molecule has 2 N–H and O–H groups in total. The van der Waals surface area contributed by atoms with E-state index in [9.17, 15) is 9.90 Å². The number of likely N-dealkylation sites (N-methyl/N-ethyl adjacent to an activating group) is 1. The molecule has 9 heteroatoms. The Labute approximate surface area is 203 Å². The predicted molar refractivity (Wildman–Crippen MR) is 132 cm³/mol. The molecule has 0 saturated carbocycles. The van der Waals surface area contributed by atoms with Gasteiger partial charge in [-0.25, -0.2) is 4.98 Å². The van der Waals surface area contributed by atoms with E-state index in [1.165, 1.54) is 0 Å². The molecule has 0 saturated heterocycles. The highest BCUT2D eigenvalue weighted by atomic mass is 16.4. The Bertz CT molecular complexity index is 1310. The molecular formula is C26H29N7O2. The summed E-state index contributed by atoms with van der Waals surface area (Å²) in [6.07, 6.45) is 2.56. The molecule has 180 valence electrons. The number of hydrogen-bond acceptors (Lipinski definition) is 6. The van der Waals surface area contributed by atoms with Crippen LogP contribution in [0.3, 0.4) is 0 Å². The van der Waals surface area contributed by atoms with Crippen LogP contribution in [0.5, 0.6) is 0 Å². The number of nitrogens with zero attached hydrogens (tertiary/aromatic N) is 6. The zero-order chi connectivity index (χ0) is 24.4. The third kappa shape index (κ3) is 4.35. The van der Waals surface area contributed by atoms with Gasteiger partial charge in [0.15, 0.2) is 6.04 Å². The van der Waals surface area contributed by atoms with Crippen LogP contribution in [0.1, 0.15) is 49.1 Å². The lowest BCUT2D eigenvalue weighted by molar-refractivity contribution is -0.144. The van der Waals surface area contributed by atoms with Crippen LogP contribution in [0.25, 0.3) is 22.5 Å². The van der Waals surface area contributed by atoms with E-state index in [4.69, 9.17) is 4.98 Å². The number of carboxylic acids is 1. The van der Waals surface area contributed by atoms with Crippen molar-refractivity contribution >= 4 is 5.97 Å². The van der Waals surface area contributed by atoms with E-state index in [-0.39, 0.29) is 0 Å². The highest BCUT2D eigenvalue weighted by Crippen LogP contribution is 2.33. The second-order valence-electron chi connectivity index (χ2n) is 8.79. The fraction of sp³-hybridized carbons (Fsp3) is 0.346. The standard InChI is InChI=1S/C26H29N7O2/c1-3-7-22-27-21-14-15-32(4-2)24(26(34)35)23(21)33(22)16-17-10-12-18(13-11-17)19-8-5-6-9-20(19)25-28-30-31-29-25/h5-6,8-13,24H,3-4,7,14-16H2,1-2H3,(H,34,35)(H,28,29,30,31). The van der Waals surface area contributed by atoms with Gasteiger partial charge in [0, 0.05) is 31.5 Å². The molecular weight excluding hydrogens is 442 g/mol. The van der Waals surface area contributed by atoms with E-state index < -0.39 is 12.0 Å². The van der Waals surface area contributed by atoms with Gasteiger partial charge in [-0.15, -0.1) is 10.2 Å². The van der Waals surface area contributed by atoms with Crippen LogP contribution < -0.4 is 0 Å². The Kier molecular flexibility index (Phi) is 6.41. The van der Waals surface area contributed by atoms with E-state index in [0.717, 1.165) is 65.3 Å². The molecule has 2 aromatic carbocycles. The largest absolute Gasteiger partial charge is 0.480 e. The first-order chi connectivity index (χ1) is 17.1. The van der Waals surface area contributed by atoms with Crippen molar-refractivity contribution in [1.29, 1.82) is 0 Å². The van der Waals surface area contributed by atoms with Gasteiger partial charge in [-0.05, 0) is 34.9 Å². The molecule has 5 rings (SSSR count). The van der Waals surface area contributed by atoms with Crippen LogP contribution in [0.4, 0.5) is 0 Å². The van der Waals surface area contributed by atoms with Crippen LogP contribution in [0.15, 0.2) is 48.5 Å². The molecule has 0 fully saturated rings. The fourth-order valence-corrected chi connectivity index (χ4v) is 4.99. The SMILES string of the molecule is CCCc1nc2c(n1Cc1ccc(-c3ccccc3-c3nn[nH]n3)cc1)C(C(=O)O)N(CC)CC2. The second-order valence-corrected chi connectivity index (χ2v) is 8.79. The monoisotopic (exact) mass is 471 g/mol. The average Bonchev–Trinajstić information content (AvgIpc) is 3.53. The first-order valence-corrected chi connectivity index (χ1v) is 12.1. The quantitative estimate of drug-likeness (QED) is 0.402. The van der Waals surface area contributed by atoms with Crippen molar-refractivity contribution in [3.63, 3.8) is 0 Å². The average molecular weight is 472 g/mol. The van der Waals surface area contributed by atoms with Gasteiger partial charge in [0.2, 0.25) is 5.82 Å². The number of aromatic amines is 1. The van der Waals surface area contributed by atoms with Crippen molar-refractivity contribution < 1.29 is 9.90 Å². The summed E-state index contributed by atoms with van der Waals surface area (Å²) in [6, 6.07) is 15.7. The molecule has 1 atom stereocenters. The number of tetrazole rings is 1. The van der Waals surface area contributed by atoms with Gasteiger partial charge in [-0.1, -0.05) is 62.4 Å². The van der Waals surface area contributed by atoms with Gasteiger partial charge in [0.1, 0.15) is 5.82 Å². The lowest BCUT2D eigenvalue weighted by Crippen LogP contribution is -2.40. The van der Waals surface area contributed by atoms with Gasteiger partial charge in [0.05, 0.1) is 11.4 Å². The van der Waals surface area contributed by atoms with E-state index in [1.54, 1.807) is 0 Å². The molecule has 4 aromatic rings. The molecule has 0 radical (unpaired) electrons. The number of aromatic nitrogens is 6. The number of rotatable bonds is 8. The summed E-state index contributed by atoms with van der Waals surface area (Å²) in [6.45, 7) is 6.14. The Balaban J connectivity index is 1.49. The number of benzene rings is 2. The summed E-state index contributed by atoms with van der Waals surface area (Å²) in [7, 11) is 0. The summed E-state index contributed by atoms with van der Waals surface area (Å²) in [5, 5.41) is 24.6. The van der Waals surface area contributed by atoms with Gasteiger partial charge >= 0.3 is 5.97 Å². The molecule has 0 spiro atoms. The number of aliphatic carboxylic acids is 1. The third-order valence-electron chi connectivity index (χ3n) is 6.65. The van der Waals surface area contributed by atoms with Crippen molar-refractivity contribution in [3.05, 3.63) is 71.3 Å².